The Morgan fingerprint density at radius 1 is 0.702 bits per heavy atom. The Kier molecular flexibility index (Phi) is 7.54. The normalized spacial score (nSPS) is 13.9. The Bertz CT molecular complexity index is 2530. The fourth-order valence-electron chi connectivity index (χ4n) is 6.65. The fraction of sp³-hybridized carbons (Fsp3) is 0.0227. The zero-order chi connectivity index (χ0) is 31.9. The second kappa shape index (κ2) is 12.2. The summed E-state index contributed by atoms with van der Waals surface area (Å²) in [7, 11) is 0. The van der Waals surface area contributed by atoms with Crippen LogP contribution in [0.3, 0.4) is 0 Å². The van der Waals surface area contributed by atoms with Crippen molar-refractivity contribution in [3.63, 3.8) is 0 Å². The Morgan fingerprint density at radius 3 is 2.23 bits per heavy atom. The van der Waals surface area contributed by atoms with Crippen molar-refractivity contribution in [3.8, 4) is 5.69 Å². The van der Waals surface area contributed by atoms with Gasteiger partial charge in [0.25, 0.3) is 0 Å². The predicted molar refractivity (Wildman–Crippen MR) is 214 cm³/mol. The van der Waals surface area contributed by atoms with Gasteiger partial charge in [-0.3, -0.25) is 4.98 Å². The van der Waals surface area contributed by atoms with Gasteiger partial charge in [-0.25, -0.2) is 0 Å². The fourth-order valence-corrected chi connectivity index (χ4v) is 10.8. The Hall–Kier alpha value is -5.26. The first-order valence-corrected chi connectivity index (χ1v) is 19.4. The minimum atomic E-state index is -2.04. The highest BCUT2D eigenvalue weighted by Crippen LogP contribution is 2.43. The van der Waals surface area contributed by atoms with Gasteiger partial charge in [0, 0.05) is 30.1 Å². The van der Waals surface area contributed by atoms with Crippen LogP contribution in [0.4, 0.5) is 0 Å². The number of hydrogen-bond acceptors (Lipinski definition) is 1. The summed E-state index contributed by atoms with van der Waals surface area (Å²) in [5.41, 5.74) is 9.40. The molecule has 0 saturated heterocycles. The second-order valence-electron chi connectivity index (χ2n) is 11.7. The van der Waals surface area contributed by atoms with Gasteiger partial charge in [-0.2, -0.15) is 0 Å². The number of rotatable bonds is 6. The third-order valence-electron chi connectivity index (χ3n) is 9.01. The van der Waals surface area contributed by atoms with Gasteiger partial charge in [-0.1, -0.05) is 108 Å². The number of nitrogens with zero attached hydrogens (tertiary/aromatic N) is 2. The Balaban J connectivity index is 1.26. The van der Waals surface area contributed by atoms with Gasteiger partial charge in [0.15, 0.2) is 0 Å². The average molecular weight is 717 g/mol. The first kappa shape index (κ1) is 29.2. The van der Waals surface area contributed by atoms with Gasteiger partial charge < -0.3 is 4.57 Å². The lowest BCUT2D eigenvalue weighted by Crippen LogP contribution is -2.03. The third kappa shape index (κ3) is 5.17. The molecule has 0 unspecified atom stereocenters. The molecule has 226 valence electrons. The molecule has 0 spiro atoms. The largest absolute Gasteiger partial charge is 0.310 e. The van der Waals surface area contributed by atoms with Crippen LogP contribution in [0, 0.1) is 6.92 Å². The van der Waals surface area contributed by atoms with Crippen molar-refractivity contribution in [3.05, 3.63) is 186 Å². The molecule has 0 radical (unpaired) electrons. The first-order chi connectivity index (χ1) is 23.1. The molecular formula is C44H33IN2. The maximum absolute atomic E-state index is 4.84. The summed E-state index contributed by atoms with van der Waals surface area (Å²) in [6, 6.07) is 43.7. The van der Waals surface area contributed by atoms with Crippen molar-refractivity contribution >= 4 is 74.6 Å². The topological polar surface area (TPSA) is 17.8 Å². The van der Waals surface area contributed by atoms with Crippen LogP contribution < -0.4 is 0 Å². The molecule has 0 atom stereocenters. The molecule has 0 amide bonds. The van der Waals surface area contributed by atoms with Gasteiger partial charge in [-0.15, -0.1) is 18.9 Å². The number of aryl methyl sites for hydroxylation is 1. The highest BCUT2D eigenvalue weighted by Gasteiger charge is 2.17. The molecule has 0 saturated carbocycles. The van der Waals surface area contributed by atoms with E-state index in [1.54, 1.807) is 0 Å². The molecular weight excluding hydrogens is 683 g/mol. The summed E-state index contributed by atoms with van der Waals surface area (Å²) in [6.07, 6.45) is 12.6. The summed E-state index contributed by atoms with van der Waals surface area (Å²) in [5, 5.41) is 6.32. The third-order valence-corrected chi connectivity index (χ3v) is 13.6. The molecule has 1 aliphatic heterocycles. The van der Waals surface area contributed by atoms with Gasteiger partial charge in [0.2, 0.25) is 0 Å². The number of para-hydroxylation sites is 1. The number of aromatic nitrogens is 2. The maximum atomic E-state index is 4.84. The molecule has 8 rings (SSSR count). The van der Waals surface area contributed by atoms with E-state index in [1.165, 1.54) is 67.5 Å². The van der Waals surface area contributed by atoms with Gasteiger partial charge in [0.05, 0.1) is 11.2 Å². The first-order valence-electron chi connectivity index (χ1n) is 15.7. The summed E-state index contributed by atoms with van der Waals surface area (Å²) >= 11 is -2.04. The van der Waals surface area contributed by atoms with E-state index in [-0.39, 0.29) is 0 Å². The summed E-state index contributed by atoms with van der Waals surface area (Å²) in [6.45, 7) is 6.10. The molecule has 5 aromatic carbocycles. The molecule has 0 N–H and O–H groups in total. The summed E-state index contributed by atoms with van der Waals surface area (Å²) in [4.78, 5) is 4.79. The number of allylic oxidation sites excluding steroid dienone is 5. The van der Waals surface area contributed by atoms with Crippen LogP contribution in [0.15, 0.2) is 158 Å². The van der Waals surface area contributed by atoms with Crippen LogP contribution in [0.5, 0.6) is 0 Å². The van der Waals surface area contributed by atoms with E-state index in [2.05, 4.69) is 152 Å². The van der Waals surface area contributed by atoms with Crippen LogP contribution in [0.25, 0.3) is 53.4 Å². The minimum absolute atomic E-state index is 1.02. The van der Waals surface area contributed by atoms with Gasteiger partial charge >= 0.3 is 0 Å². The van der Waals surface area contributed by atoms with Crippen molar-refractivity contribution in [1.29, 1.82) is 0 Å². The van der Waals surface area contributed by atoms with Crippen LogP contribution in [-0.2, 0) is 0 Å². The van der Waals surface area contributed by atoms with E-state index in [0.717, 1.165) is 11.4 Å². The van der Waals surface area contributed by atoms with E-state index >= 15 is 0 Å². The zero-order valence-electron chi connectivity index (χ0n) is 26.2. The van der Waals surface area contributed by atoms with E-state index < -0.39 is 18.9 Å². The predicted octanol–water partition coefficient (Wildman–Crippen LogP) is 11.4. The molecule has 0 fully saturated rings. The van der Waals surface area contributed by atoms with Crippen LogP contribution in [0.1, 0.15) is 28.1 Å². The van der Waals surface area contributed by atoms with Crippen LogP contribution in [0.2, 0.25) is 0 Å². The number of pyridine rings is 1. The summed E-state index contributed by atoms with van der Waals surface area (Å²) in [5.74, 6) is 0. The molecule has 2 aromatic heterocycles. The van der Waals surface area contributed by atoms with Crippen LogP contribution in [-0.4, -0.2) is 17.6 Å². The van der Waals surface area contributed by atoms with E-state index in [4.69, 9.17) is 9.50 Å². The standard InChI is InChI=1S/C44H33IN2/c1-4-5-16-43-30(2)37-13-8-9-17-44(37)47(43)36-23-20-32(21-24-36)40-28-35(29-41(45(40)3)42-15-10-11-26-46-42)33-22-25-39-34(27-33)19-18-31-12-6-7-14-38(31)39/h4-29H,1,3H2,2H3/b16-5-. The van der Waals surface area contributed by atoms with E-state index in [9.17, 15) is 0 Å². The Morgan fingerprint density at radius 2 is 1.43 bits per heavy atom. The van der Waals surface area contributed by atoms with Gasteiger partial charge in [-0.05, 0) is 105 Å². The summed E-state index contributed by atoms with van der Waals surface area (Å²) < 4.78 is 9.79. The lowest BCUT2D eigenvalue weighted by atomic mass is 9.96. The monoisotopic (exact) mass is 716 g/mol. The molecule has 1 aliphatic rings. The Labute approximate surface area is 281 Å². The molecule has 7 aromatic rings. The van der Waals surface area contributed by atoms with Crippen molar-refractivity contribution < 1.29 is 0 Å². The van der Waals surface area contributed by atoms with Crippen molar-refractivity contribution in [1.82, 2.24) is 9.55 Å². The van der Waals surface area contributed by atoms with Crippen molar-refractivity contribution in [2.24, 2.45) is 0 Å². The second-order valence-corrected chi connectivity index (χ2v) is 16.1. The molecule has 3 heteroatoms. The zero-order valence-corrected chi connectivity index (χ0v) is 28.4. The average Bonchev–Trinajstić information content (AvgIpc) is 3.41. The molecule has 0 bridgehead atoms. The minimum Gasteiger partial charge on any atom is -0.310 e. The number of fused-ring (bicyclic) bond motifs is 4. The van der Waals surface area contributed by atoms with Crippen molar-refractivity contribution in [2.45, 2.75) is 6.92 Å². The lowest BCUT2D eigenvalue weighted by Gasteiger charge is -2.18. The van der Waals surface area contributed by atoms with E-state index in [0.29, 0.717) is 0 Å². The van der Waals surface area contributed by atoms with E-state index in [1.807, 2.05) is 24.4 Å². The highest BCUT2D eigenvalue weighted by molar-refractivity contribution is 14.2. The van der Waals surface area contributed by atoms with Crippen LogP contribution >= 0.6 is 18.9 Å². The smallest absolute Gasteiger partial charge is 0.0755 e. The van der Waals surface area contributed by atoms with Crippen molar-refractivity contribution in [2.75, 3.05) is 0 Å². The molecule has 47 heavy (non-hydrogen) atoms. The maximum Gasteiger partial charge on any atom is 0.0755 e. The number of benzene rings is 5. The lowest BCUT2D eigenvalue weighted by molar-refractivity contribution is 1.10. The molecule has 2 nitrogen and oxygen atoms in total. The SMILES string of the molecule is C=C/C=C\c1c(C)c2ccccc2n1-c1ccc(C2=CC(c3ccc4c(ccc5ccccc54)c3)=CC(c3ccccn3)=I2=C)cc1. The number of halogens is 1. The highest BCUT2D eigenvalue weighted by atomic mass is 127. The molecule has 0 aliphatic carbocycles. The number of hydrogen-bond donors (Lipinski definition) is 0. The molecule has 3 heterocycles. The van der Waals surface area contributed by atoms with Gasteiger partial charge in [0.1, 0.15) is 0 Å². The quantitative estimate of drug-likeness (QED) is 0.0952.